The Morgan fingerprint density at radius 2 is 2.05 bits per heavy atom. The van der Waals surface area contributed by atoms with Crippen LogP contribution in [0.4, 0.5) is 13.2 Å². The van der Waals surface area contributed by atoms with E-state index in [1.54, 1.807) is 13.8 Å². The molecular formula is C11H13F3O7. The molecule has 2 aliphatic heterocycles. The summed E-state index contributed by atoms with van der Waals surface area (Å²) in [6.07, 6.45) is -11.2. The zero-order valence-electron chi connectivity index (χ0n) is 11.0. The Kier molecular flexibility index (Phi) is 3.89. The van der Waals surface area contributed by atoms with E-state index in [-0.39, 0.29) is 6.61 Å². The summed E-state index contributed by atoms with van der Waals surface area (Å²) in [5, 5.41) is 9.84. The van der Waals surface area contributed by atoms with Crippen LogP contribution in [0.5, 0.6) is 0 Å². The number of halogens is 3. The average molecular weight is 314 g/mol. The third kappa shape index (κ3) is 3.27. The zero-order valence-corrected chi connectivity index (χ0v) is 11.0. The van der Waals surface area contributed by atoms with Crippen molar-refractivity contribution in [2.24, 2.45) is 0 Å². The van der Waals surface area contributed by atoms with Gasteiger partial charge in [-0.2, -0.15) is 13.2 Å². The second-order valence-corrected chi connectivity index (χ2v) is 5.08. The Hall–Kier alpha value is -1.39. The van der Waals surface area contributed by atoms with Crippen molar-refractivity contribution in [3.8, 4) is 0 Å². The average Bonchev–Trinajstić information content (AvgIpc) is 2.82. The van der Waals surface area contributed by atoms with Crippen LogP contribution in [-0.4, -0.2) is 60.0 Å². The molecule has 1 N–H and O–H groups in total. The summed E-state index contributed by atoms with van der Waals surface area (Å²) in [4.78, 5) is 22.2. The van der Waals surface area contributed by atoms with Crippen molar-refractivity contribution < 1.29 is 46.8 Å². The highest BCUT2D eigenvalue weighted by atomic mass is 19.4. The monoisotopic (exact) mass is 314 g/mol. The Bertz CT molecular complexity index is 448. The molecular weight excluding hydrogens is 301 g/mol. The lowest BCUT2D eigenvalue weighted by atomic mass is 10.1. The fourth-order valence-corrected chi connectivity index (χ4v) is 2.06. The number of aliphatic hydroxyl groups is 1. The highest BCUT2D eigenvalue weighted by molar-refractivity contribution is 5.83. The van der Waals surface area contributed by atoms with Gasteiger partial charge in [0.05, 0.1) is 6.61 Å². The van der Waals surface area contributed by atoms with Crippen LogP contribution in [0.15, 0.2) is 0 Å². The van der Waals surface area contributed by atoms with Crippen molar-refractivity contribution >= 4 is 11.9 Å². The highest BCUT2D eigenvalue weighted by Gasteiger charge is 2.55. The lowest BCUT2D eigenvalue weighted by Crippen LogP contribution is -2.43. The third-order valence-electron chi connectivity index (χ3n) is 2.99. The summed E-state index contributed by atoms with van der Waals surface area (Å²) in [7, 11) is 0. The van der Waals surface area contributed by atoms with Crippen LogP contribution >= 0.6 is 0 Å². The molecule has 0 aromatic heterocycles. The Morgan fingerprint density at radius 3 is 2.52 bits per heavy atom. The van der Waals surface area contributed by atoms with Crippen molar-refractivity contribution in [1.29, 1.82) is 0 Å². The number of carbonyl (C=O) groups is 2. The molecule has 2 saturated heterocycles. The van der Waals surface area contributed by atoms with Crippen molar-refractivity contribution in [1.82, 2.24) is 0 Å². The SMILES string of the molecule is CC1(C)OC[C@H]([C@H]2OC(=O)[C@@H](OC(=O)C(F)(F)F)[C@H]2O)O1. The molecule has 21 heavy (non-hydrogen) atoms. The normalized spacial score (nSPS) is 35.6. The van der Waals surface area contributed by atoms with Crippen molar-refractivity contribution in [2.45, 2.75) is 50.2 Å². The number of ether oxygens (including phenoxy) is 4. The first kappa shape index (κ1) is 16.0. The molecule has 2 heterocycles. The van der Waals surface area contributed by atoms with E-state index in [4.69, 9.17) is 14.2 Å². The Labute approximate surface area is 116 Å². The lowest BCUT2D eigenvalue weighted by Gasteiger charge is -2.22. The summed E-state index contributed by atoms with van der Waals surface area (Å²) in [5.74, 6) is -4.82. The van der Waals surface area contributed by atoms with E-state index in [0.717, 1.165) is 0 Å². The topological polar surface area (TPSA) is 91.3 Å². The van der Waals surface area contributed by atoms with Gasteiger partial charge in [0, 0.05) is 0 Å². The van der Waals surface area contributed by atoms with Gasteiger partial charge in [0.1, 0.15) is 12.2 Å². The largest absolute Gasteiger partial charge is 0.490 e. The number of alkyl halides is 3. The first-order valence-electron chi connectivity index (χ1n) is 5.99. The van der Waals surface area contributed by atoms with E-state index in [2.05, 4.69) is 4.74 Å². The highest BCUT2D eigenvalue weighted by Crippen LogP contribution is 2.32. The van der Waals surface area contributed by atoms with Gasteiger partial charge in [-0.3, -0.25) is 0 Å². The fourth-order valence-electron chi connectivity index (χ4n) is 2.06. The summed E-state index contributed by atoms with van der Waals surface area (Å²) in [6.45, 7) is 3.14. The number of rotatable bonds is 2. The number of aliphatic hydroxyl groups excluding tert-OH is 1. The molecule has 0 aromatic rings. The minimum atomic E-state index is -5.27. The molecule has 2 aliphatic rings. The molecule has 7 nitrogen and oxygen atoms in total. The predicted molar refractivity (Wildman–Crippen MR) is 56.7 cm³/mol. The minimum absolute atomic E-state index is 0.0258. The molecule has 0 radical (unpaired) electrons. The number of cyclic esters (lactones) is 1. The van der Waals surface area contributed by atoms with Gasteiger partial charge < -0.3 is 24.1 Å². The molecule has 0 aromatic carbocycles. The third-order valence-corrected chi connectivity index (χ3v) is 2.99. The van der Waals surface area contributed by atoms with Crippen LogP contribution in [0.1, 0.15) is 13.8 Å². The van der Waals surface area contributed by atoms with Crippen LogP contribution in [0.2, 0.25) is 0 Å². The maximum absolute atomic E-state index is 12.1. The molecule has 0 spiro atoms. The summed E-state index contributed by atoms with van der Waals surface area (Å²) < 4.78 is 55.6. The number of hydrogen-bond donors (Lipinski definition) is 1. The van der Waals surface area contributed by atoms with Gasteiger partial charge in [0.25, 0.3) is 0 Å². The smallest absolute Gasteiger partial charge is 0.454 e. The van der Waals surface area contributed by atoms with Gasteiger partial charge in [-0.1, -0.05) is 0 Å². The number of esters is 2. The maximum atomic E-state index is 12.1. The molecule has 0 amide bonds. The summed E-state index contributed by atoms with van der Waals surface area (Å²) >= 11 is 0. The molecule has 4 atom stereocenters. The molecule has 10 heteroatoms. The Balaban J connectivity index is 2.04. The van der Waals surface area contributed by atoms with Crippen LogP contribution in [0.3, 0.4) is 0 Å². The molecule has 2 rings (SSSR count). The minimum Gasteiger partial charge on any atom is -0.454 e. The van der Waals surface area contributed by atoms with Crippen LogP contribution < -0.4 is 0 Å². The van der Waals surface area contributed by atoms with Gasteiger partial charge in [0.2, 0.25) is 6.10 Å². The lowest BCUT2D eigenvalue weighted by molar-refractivity contribution is -0.208. The molecule has 0 saturated carbocycles. The second kappa shape index (κ2) is 5.11. The van der Waals surface area contributed by atoms with E-state index in [1.807, 2.05) is 0 Å². The molecule has 0 bridgehead atoms. The first-order valence-corrected chi connectivity index (χ1v) is 5.99. The summed E-state index contributed by atoms with van der Waals surface area (Å²) in [5.41, 5.74) is 0. The van der Waals surface area contributed by atoms with Gasteiger partial charge in [-0.25, -0.2) is 9.59 Å². The number of carbonyl (C=O) groups excluding carboxylic acids is 2. The van der Waals surface area contributed by atoms with E-state index in [1.165, 1.54) is 0 Å². The van der Waals surface area contributed by atoms with Gasteiger partial charge in [-0.15, -0.1) is 0 Å². The van der Waals surface area contributed by atoms with Crippen LogP contribution in [0.25, 0.3) is 0 Å². The van der Waals surface area contributed by atoms with E-state index in [0.29, 0.717) is 0 Å². The molecule has 0 aliphatic carbocycles. The van der Waals surface area contributed by atoms with Crippen LogP contribution in [-0.2, 0) is 28.5 Å². The maximum Gasteiger partial charge on any atom is 0.490 e. The van der Waals surface area contributed by atoms with Crippen LogP contribution in [0, 0.1) is 0 Å². The zero-order chi connectivity index (χ0) is 16.0. The first-order chi connectivity index (χ1) is 9.51. The number of hydrogen-bond acceptors (Lipinski definition) is 7. The molecule has 0 unspecified atom stereocenters. The van der Waals surface area contributed by atoms with E-state index < -0.39 is 48.3 Å². The van der Waals surface area contributed by atoms with Crippen molar-refractivity contribution in [2.75, 3.05) is 6.61 Å². The van der Waals surface area contributed by atoms with Gasteiger partial charge in [0.15, 0.2) is 11.9 Å². The Morgan fingerprint density at radius 1 is 1.43 bits per heavy atom. The van der Waals surface area contributed by atoms with Gasteiger partial charge in [-0.05, 0) is 13.8 Å². The second-order valence-electron chi connectivity index (χ2n) is 5.08. The van der Waals surface area contributed by atoms with E-state index in [9.17, 15) is 27.9 Å². The standard InChI is InChI=1S/C11H13F3O7/c1-10(2)18-3-4(21-10)6-5(15)7(8(16)19-6)20-9(17)11(12,13)14/h4-7,15H,3H2,1-2H3/t4-,5+,6-,7+/m1/s1. The quantitative estimate of drug-likeness (QED) is 0.712. The molecule has 2 fully saturated rings. The predicted octanol–water partition coefficient (Wildman–Crippen LogP) is -0.102. The van der Waals surface area contributed by atoms with E-state index >= 15 is 0 Å². The molecule has 120 valence electrons. The summed E-state index contributed by atoms with van der Waals surface area (Å²) in [6, 6.07) is 0. The van der Waals surface area contributed by atoms with Crippen molar-refractivity contribution in [3.63, 3.8) is 0 Å². The van der Waals surface area contributed by atoms with Gasteiger partial charge >= 0.3 is 18.1 Å². The fraction of sp³-hybridized carbons (Fsp3) is 0.818. The van der Waals surface area contributed by atoms with Crippen molar-refractivity contribution in [3.05, 3.63) is 0 Å².